The van der Waals surface area contributed by atoms with Crippen molar-refractivity contribution in [3.05, 3.63) is 0 Å². The molecule has 0 aromatic heterocycles. The second-order valence-electron chi connectivity index (χ2n) is 6.30. The summed E-state index contributed by atoms with van der Waals surface area (Å²) in [6.45, 7) is 6.04. The van der Waals surface area contributed by atoms with Gasteiger partial charge in [0.2, 0.25) is 0 Å². The Kier molecular flexibility index (Phi) is 5.50. The molecule has 2 rings (SSSR count). The first-order chi connectivity index (χ1) is 8.81. The normalized spacial score (nSPS) is 32.2. The van der Waals surface area contributed by atoms with Gasteiger partial charge in [0.25, 0.3) is 0 Å². The van der Waals surface area contributed by atoms with Crippen LogP contribution in [0.4, 0.5) is 0 Å². The molecule has 2 fully saturated rings. The van der Waals surface area contributed by atoms with Gasteiger partial charge in [-0.3, -0.25) is 4.90 Å². The zero-order valence-electron chi connectivity index (χ0n) is 12.6. The van der Waals surface area contributed by atoms with Gasteiger partial charge in [0.1, 0.15) is 0 Å². The Morgan fingerprint density at radius 2 is 1.94 bits per heavy atom. The number of fused-ring (bicyclic) bond motifs is 1. The van der Waals surface area contributed by atoms with Gasteiger partial charge < -0.3 is 5.32 Å². The molecule has 0 amide bonds. The Hall–Kier alpha value is -0.0800. The lowest BCUT2D eigenvalue weighted by atomic mass is 9.84. The number of likely N-dealkylation sites (tertiary alicyclic amines) is 1. The van der Waals surface area contributed by atoms with Crippen LogP contribution in [0.5, 0.6) is 0 Å². The van der Waals surface area contributed by atoms with E-state index < -0.39 is 0 Å². The fourth-order valence-corrected chi connectivity index (χ4v) is 4.44. The molecular formula is C16H32N2. The van der Waals surface area contributed by atoms with Crippen molar-refractivity contribution in [3.8, 4) is 0 Å². The standard InChI is InChI=1S/C16H32N2/c1-4-8-14(17-3)15(5-2)18-12-11-13-9-6-7-10-16(13)18/h13-17H,4-12H2,1-3H3. The lowest BCUT2D eigenvalue weighted by Crippen LogP contribution is -2.51. The van der Waals surface area contributed by atoms with Crippen LogP contribution in [0, 0.1) is 5.92 Å². The van der Waals surface area contributed by atoms with Crippen molar-refractivity contribution in [2.24, 2.45) is 5.92 Å². The Morgan fingerprint density at radius 1 is 1.17 bits per heavy atom. The number of nitrogens with one attached hydrogen (secondary N) is 1. The van der Waals surface area contributed by atoms with Gasteiger partial charge in [0.15, 0.2) is 0 Å². The minimum Gasteiger partial charge on any atom is -0.315 e. The quantitative estimate of drug-likeness (QED) is 0.779. The van der Waals surface area contributed by atoms with Gasteiger partial charge in [-0.1, -0.05) is 33.1 Å². The predicted octanol–water partition coefficient (Wildman–Crippen LogP) is 3.42. The maximum Gasteiger partial charge on any atom is 0.0249 e. The molecular weight excluding hydrogens is 220 g/mol. The van der Waals surface area contributed by atoms with Crippen molar-refractivity contribution in [1.82, 2.24) is 10.2 Å². The van der Waals surface area contributed by atoms with Crippen LogP contribution in [0.3, 0.4) is 0 Å². The van der Waals surface area contributed by atoms with E-state index in [0.717, 1.165) is 18.0 Å². The van der Waals surface area contributed by atoms with Gasteiger partial charge in [0.05, 0.1) is 0 Å². The third-order valence-electron chi connectivity index (χ3n) is 5.33. The average Bonchev–Trinajstić information content (AvgIpc) is 2.83. The zero-order valence-corrected chi connectivity index (χ0v) is 12.6. The predicted molar refractivity (Wildman–Crippen MR) is 78.9 cm³/mol. The highest BCUT2D eigenvalue weighted by atomic mass is 15.2. The largest absolute Gasteiger partial charge is 0.315 e. The topological polar surface area (TPSA) is 15.3 Å². The van der Waals surface area contributed by atoms with E-state index in [1.807, 2.05) is 0 Å². The lowest BCUT2D eigenvalue weighted by Gasteiger charge is -2.40. The van der Waals surface area contributed by atoms with Crippen LogP contribution >= 0.6 is 0 Å². The van der Waals surface area contributed by atoms with Crippen LogP contribution in [0.1, 0.15) is 65.2 Å². The molecule has 2 aliphatic rings. The van der Waals surface area contributed by atoms with Gasteiger partial charge >= 0.3 is 0 Å². The zero-order chi connectivity index (χ0) is 13.0. The molecule has 1 saturated carbocycles. The number of nitrogens with zero attached hydrogens (tertiary/aromatic N) is 1. The molecule has 0 bridgehead atoms. The van der Waals surface area contributed by atoms with Crippen molar-refractivity contribution in [3.63, 3.8) is 0 Å². The second kappa shape index (κ2) is 6.91. The van der Waals surface area contributed by atoms with Gasteiger partial charge in [0, 0.05) is 18.1 Å². The summed E-state index contributed by atoms with van der Waals surface area (Å²) < 4.78 is 0. The summed E-state index contributed by atoms with van der Waals surface area (Å²) in [5.74, 6) is 1.02. The fraction of sp³-hybridized carbons (Fsp3) is 1.00. The molecule has 1 heterocycles. The van der Waals surface area contributed by atoms with Crippen LogP contribution in [-0.2, 0) is 0 Å². The van der Waals surface area contributed by atoms with Crippen molar-refractivity contribution in [2.75, 3.05) is 13.6 Å². The lowest BCUT2D eigenvalue weighted by molar-refractivity contribution is 0.102. The van der Waals surface area contributed by atoms with E-state index in [1.54, 1.807) is 0 Å². The summed E-state index contributed by atoms with van der Waals surface area (Å²) in [6.07, 6.45) is 11.3. The summed E-state index contributed by atoms with van der Waals surface area (Å²) in [6, 6.07) is 2.38. The Labute approximate surface area is 114 Å². The second-order valence-corrected chi connectivity index (χ2v) is 6.30. The molecule has 1 aliphatic heterocycles. The van der Waals surface area contributed by atoms with Gasteiger partial charge in [-0.15, -0.1) is 0 Å². The minimum atomic E-state index is 0.695. The highest BCUT2D eigenvalue weighted by molar-refractivity contribution is 4.95. The number of hydrogen-bond acceptors (Lipinski definition) is 2. The van der Waals surface area contributed by atoms with Crippen LogP contribution in [0.2, 0.25) is 0 Å². The molecule has 18 heavy (non-hydrogen) atoms. The van der Waals surface area contributed by atoms with E-state index in [-0.39, 0.29) is 0 Å². The monoisotopic (exact) mass is 252 g/mol. The van der Waals surface area contributed by atoms with Crippen molar-refractivity contribution >= 4 is 0 Å². The molecule has 4 unspecified atom stereocenters. The Balaban J connectivity index is 2.02. The molecule has 2 heteroatoms. The summed E-state index contributed by atoms with van der Waals surface area (Å²) in [4.78, 5) is 2.88. The molecule has 1 N–H and O–H groups in total. The fourth-order valence-electron chi connectivity index (χ4n) is 4.44. The first-order valence-electron chi connectivity index (χ1n) is 8.24. The highest BCUT2D eigenvalue weighted by Crippen LogP contribution is 2.38. The van der Waals surface area contributed by atoms with Crippen molar-refractivity contribution in [1.29, 1.82) is 0 Å². The Bertz CT molecular complexity index is 241. The number of hydrogen-bond donors (Lipinski definition) is 1. The Morgan fingerprint density at radius 3 is 2.61 bits per heavy atom. The van der Waals surface area contributed by atoms with Crippen LogP contribution in [-0.4, -0.2) is 36.6 Å². The van der Waals surface area contributed by atoms with E-state index in [2.05, 4.69) is 31.1 Å². The average molecular weight is 252 g/mol. The smallest absolute Gasteiger partial charge is 0.0249 e. The van der Waals surface area contributed by atoms with E-state index in [0.29, 0.717) is 6.04 Å². The summed E-state index contributed by atoms with van der Waals surface area (Å²) >= 11 is 0. The van der Waals surface area contributed by atoms with Crippen molar-refractivity contribution < 1.29 is 0 Å². The third-order valence-corrected chi connectivity index (χ3v) is 5.33. The highest BCUT2D eigenvalue weighted by Gasteiger charge is 2.40. The maximum absolute atomic E-state index is 3.58. The van der Waals surface area contributed by atoms with Crippen LogP contribution in [0.25, 0.3) is 0 Å². The molecule has 106 valence electrons. The first-order valence-corrected chi connectivity index (χ1v) is 8.24. The van der Waals surface area contributed by atoms with Crippen LogP contribution in [0.15, 0.2) is 0 Å². The van der Waals surface area contributed by atoms with E-state index >= 15 is 0 Å². The molecule has 1 aliphatic carbocycles. The first kappa shape index (κ1) is 14.3. The maximum atomic E-state index is 3.58. The van der Waals surface area contributed by atoms with Gasteiger partial charge in [-0.25, -0.2) is 0 Å². The van der Waals surface area contributed by atoms with E-state index in [9.17, 15) is 0 Å². The number of rotatable bonds is 6. The minimum absolute atomic E-state index is 0.695. The summed E-state index contributed by atoms with van der Waals surface area (Å²) in [5, 5.41) is 3.58. The summed E-state index contributed by atoms with van der Waals surface area (Å²) in [7, 11) is 2.15. The SMILES string of the molecule is CCCC(NC)C(CC)N1CCC2CCCCC21. The van der Waals surface area contributed by atoms with Crippen LogP contribution < -0.4 is 5.32 Å². The van der Waals surface area contributed by atoms with Gasteiger partial charge in [-0.2, -0.15) is 0 Å². The molecule has 4 atom stereocenters. The molecule has 0 spiro atoms. The molecule has 0 radical (unpaired) electrons. The molecule has 2 nitrogen and oxygen atoms in total. The molecule has 1 saturated heterocycles. The molecule has 0 aromatic carbocycles. The van der Waals surface area contributed by atoms with Crippen molar-refractivity contribution in [2.45, 2.75) is 83.3 Å². The van der Waals surface area contributed by atoms with E-state index in [4.69, 9.17) is 0 Å². The number of likely N-dealkylation sites (N-methyl/N-ethyl adjacent to an activating group) is 1. The molecule has 0 aromatic rings. The third kappa shape index (κ3) is 2.91. The van der Waals surface area contributed by atoms with Gasteiger partial charge in [-0.05, 0) is 51.6 Å². The van der Waals surface area contributed by atoms with E-state index in [1.165, 1.54) is 57.9 Å². The summed E-state index contributed by atoms with van der Waals surface area (Å²) in [5.41, 5.74) is 0.